The molecule has 2 aromatic heterocycles. The number of esters is 1. The number of fused-ring (bicyclic) bond motifs is 1. The third-order valence-electron chi connectivity index (χ3n) is 4.60. The zero-order chi connectivity index (χ0) is 16.6. The van der Waals surface area contributed by atoms with Crippen molar-refractivity contribution in [3.05, 3.63) is 71.3 Å². The third-order valence-corrected chi connectivity index (χ3v) is 4.85. The molecule has 122 valence electrons. The number of ether oxygens (including phenoxy) is 1. The molecule has 1 saturated carbocycles. The van der Waals surface area contributed by atoms with Crippen molar-refractivity contribution in [3.8, 4) is 0 Å². The van der Waals surface area contributed by atoms with Crippen LogP contribution in [0.3, 0.4) is 0 Å². The van der Waals surface area contributed by atoms with E-state index in [-0.39, 0.29) is 11.4 Å². The fourth-order valence-electron chi connectivity index (χ4n) is 2.93. The largest absolute Gasteiger partial charge is 0.461 e. The fourth-order valence-corrected chi connectivity index (χ4v) is 3.05. The molecule has 24 heavy (non-hydrogen) atoms. The molecule has 4 nitrogen and oxygen atoms in total. The Kier molecular flexibility index (Phi) is 3.77. The number of imidazole rings is 1. The van der Waals surface area contributed by atoms with Crippen LogP contribution in [0, 0.1) is 5.41 Å². The van der Waals surface area contributed by atoms with E-state index in [2.05, 4.69) is 4.98 Å². The number of nitrogens with zero attached hydrogens (tertiary/aromatic N) is 2. The summed E-state index contributed by atoms with van der Waals surface area (Å²) >= 11 is 5.93. The summed E-state index contributed by atoms with van der Waals surface area (Å²) in [5.74, 6) is -0.284. The lowest BCUT2D eigenvalue weighted by molar-refractivity contribution is 0.0415. The Bertz CT molecular complexity index is 882. The van der Waals surface area contributed by atoms with Crippen molar-refractivity contribution in [2.24, 2.45) is 5.41 Å². The molecule has 1 fully saturated rings. The number of aromatic nitrogens is 2. The zero-order valence-electron chi connectivity index (χ0n) is 13.1. The summed E-state index contributed by atoms with van der Waals surface area (Å²) in [6, 6.07) is 11.5. The van der Waals surface area contributed by atoms with Crippen molar-refractivity contribution in [1.82, 2.24) is 9.38 Å². The summed E-state index contributed by atoms with van der Waals surface area (Å²) in [5.41, 5.74) is 2.81. The Balaban J connectivity index is 1.40. The minimum Gasteiger partial charge on any atom is -0.461 e. The molecule has 0 aliphatic heterocycles. The molecule has 1 aliphatic rings. The van der Waals surface area contributed by atoms with E-state index < -0.39 is 0 Å². The van der Waals surface area contributed by atoms with Gasteiger partial charge in [-0.15, -0.1) is 0 Å². The van der Waals surface area contributed by atoms with E-state index in [9.17, 15) is 4.79 Å². The summed E-state index contributed by atoms with van der Waals surface area (Å²) in [5, 5.41) is 0.741. The highest BCUT2D eigenvalue weighted by Crippen LogP contribution is 2.48. The first-order valence-electron chi connectivity index (χ1n) is 7.97. The molecule has 2 heterocycles. The molecule has 3 aromatic rings. The molecule has 0 atom stereocenters. The lowest BCUT2D eigenvalue weighted by Gasteiger charge is -2.15. The van der Waals surface area contributed by atoms with Gasteiger partial charge < -0.3 is 9.14 Å². The van der Waals surface area contributed by atoms with Crippen molar-refractivity contribution in [1.29, 1.82) is 0 Å². The van der Waals surface area contributed by atoms with E-state index in [0.29, 0.717) is 12.2 Å². The number of carbonyl (C=O) groups excluding carboxylic acids is 1. The molecular formula is C19H17ClN2O2. The van der Waals surface area contributed by atoms with Crippen LogP contribution in [0.25, 0.3) is 5.52 Å². The van der Waals surface area contributed by atoms with E-state index in [1.54, 1.807) is 24.8 Å². The van der Waals surface area contributed by atoms with E-state index >= 15 is 0 Å². The first kappa shape index (κ1) is 15.2. The smallest absolute Gasteiger partial charge is 0.339 e. The Hall–Kier alpha value is -2.33. The molecule has 0 radical (unpaired) electrons. The maximum Gasteiger partial charge on any atom is 0.339 e. The van der Waals surface area contributed by atoms with Crippen molar-refractivity contribution >= 4 is 23.1 Å². The van der Waals surface area contributed by atoms with Gasteiger partial charge in [0.25, 0.3) is 0 Å². The van der Waals surface area contributed by atoms with E-state index in [1.807, 2.05) is 34.7 Å². The van der Waals surface area contributed by atoms with Crippen molar-refractivity contribution in [2.45, 2.75) is 19.3 Å². The maximum absolute atomic E-state index is 12.3. The van der Waals surface area contributed by atoms with Crippen LogP contribution in [0.2, 0.25) is 5.02 Å². The molecule has 0 amide bonds. The maximum atomic E-state index is 12.3. The van der Waals surface area contributed by atoms with Crippen molar-refractivity contribution in [2.75, 3.05) is 6.61 Å². The molecule has 0 bridgehead atoms. The number of hydrogen-bond donors (Lipinski definition) is 0. The second-order valence-corrected chi connectivity index (χ2v) is 6.96. The van der Waals surface area contributed by atoms with Gasteiger partial charge in [-0.05, 0) is 49.1 Å². The molecule has 0 unspecified atom stereocenters. The van der Waals surface area contributed by atoms with Crippen LogP contribution in [-0.2, 0) is 11.2 Å². The highest BCUT2D eigenvalue weighted by Gasteiger charge is 2.43. The second kappa shape index (κ2) is 5.95. The lowest BCUT2D eigenvalue weighted by atomic mass is 9.97. The monoisotopic (exact) mass is 340 g/mol. The highest BCUT2D eigenvalue weighted by atomic mass is 35.5. The quantitative estimate of drug-likeness (QED) is 0.655. The molecule has 4 rings (SSSR count). The summed E-state index contributed by atoms with van der Waals surface area (Å²) in [4.78, 5) is 16.4. The Morgan fingerprint density at radius 2 is 2.00 bits per heavy atom. The molecular weight excluding hydrogens is 324 g/mol. The standard InChI is InChI=1S/C19H17ClN2O2/c20-16-4-1-14(2-5-16)9-19(7-8-19)12-24-18(23)15-3-6-17-10-21-13-22(17)11-15/h1-6,10-11,13H,7-9,12H2. The average molecular weight is 341 g/mol. The minimum atomic E-state index is -0.284. The molecule has 0 N–H and O–H groups in total. The molecule has 1 aliphatic carbocycles. The average Bonchev–Trinajstić information content (AvgIpc) is 3.19. The van der Waals surface area contributed by atoms with Gasteiger partial charge in [-0.3, -0.25) is 0 Å². The number of pyridine rings is 1. The normalized spacial score (nSPS) is 15.4. The number of rotatable bonds is 5. The molecule has 0 spiro atoms. The summed E-state index contributed by atoms with van der Waals surface area (Å²) < 4.78 is 7.39. The van der Waals surface area contributed by atoms with E-state index in [0.717, 1.165) is 29.8 Å². The van der Waals surface area contributed by atoms with Crippen LogP contribution in [0.15, 0.2) is 55.1 Å². The third kappa shape index (κ3) is 3.15. The van der Waals surface area contributed by atoms with Crippen molar-refractivity contribution < 1.29 is 9.53 Å². The summed E-state index contributed by atoms with van der Waals surface area (Å²) in [7, 11) is 0. The Morgan fingerprint density at radius 3 is 2.75 bits per heavy atom. The van der Waals surface area contributed by atoms with Gasteiger partial charge in [0.2, 0.25) is 0 Å². The lowest BCUT2D eigenvalue weighted by Crippen LogP contribution is -2.17. The van der Waals surface area contributed by atoms with Gasteiger partial charge in [0.15, 0.2) is 0 Å². The topological polar surface area (TPSA) is 43.6 Å². The Morgan fingerprint density at radius 1 is 1.21 bits per heavy atom. The first-order chi connectivity index (χ1) is 11.6. The van der Waals surface area contributed by atoms with E-state index in [4.69, 9.17) is 16.3 Å². The van der Waals surface area contributed by atoms with Crippen LogP contribution in [0.4, 0.5) is 0 Å². The summed E-state index contributed by atoms with van der Waals surface area (Å²) in [6.07, 6.45) is 8.27. The van der Waals surface area contributed by atoms with Crippen LogP contribution < -0.4 is 0 Å². The highest BCUT2D eigenvalue weighted by molar-refractivity contribution is 6.30. The predicted octanol–water partition coefficient (Wildman–Crippen LogP) is 4.17. The first-order valence-corrected chi connectivity index (χ1v) is 8.35. The second-order valence-electron chi connectivity index (χ2n) is 6.52. The van der Waals surface area contributed by atoms with Gasteiger partial charge in [0, 0.05) is 16.6 Å². The summed E-state index contributed by atoms with van der Waals surface area (Å²) in [6.45, 7) is 0.455. The van der Waals surface area contributed by atoms with E-state index in [1.165, 1.54) is 5.56 Å². The predicted molar refractivity (Wildman–Crippen MR) is 92.3 cm³/mol. The molecule has 0 saturated heterocycles. The number of hydrogen-bond acceptors (Lipinski definition) is 3. The zero-order valence-corrected chi connectivity index (χ0v) is 13.9. The SMILES string of the molecule is O=C(OCC1(Cc2ccc(Cl)cc2)CC1)c1ccc2cncn2c1. The van der Waals surface area contributed by atoms with Gasteiger partial charge in [0.05, 0.1) is 30.2 Å². The fraction of sp³-hybridized carbons (Fsp3) is 0.263. The van der Waals surface area contributed by atoms with Gasteiger partial charge >= 0.3 is 5.97 Å². The van der Waals surface area contributed by atoms with Crippen LogP contribution >= 0.6 is 11.6 Å². The Labute approximate surface area is 145 Å². The number of benzene rings is 1. The molecule has 5 heteroatoms. The molecule has 1 aromatic carbocycles. The number of halogens is 1. The van der Waals surface area contributed by atoms with Gasteiger partial charge in [0.1, 0.15) is 0 Å². The minimum absolute atomic E-state index is 0.0859. The van der Waals surface area contributed by atoms with Gasteiger partial charge in [-0.25, -0.2) is 9.78 Å². The van der Waals surface area contributed by atoms with Gasteiger partial charge in [-0.2, -0.15) is 0 Å². The van der Waals surface area contributed by atoms with Gasteiger partial charge in [-0.1, -0.05) is 23.7 Å². The van der Waals surface area contributed by atoms with Crippen molar-refractivity contribution in [3.63, 3.8) is 0 Å². The van der Waals surface area contributed by atoms with Crippen LogP contribution in [0.5, 0.6) is 0 Å². The number of carbonyl (C=O) groups is 1. The van der Waals surface area contributed by atoms with Crippen LogP contribution in [-0.4, -0.2) is 22.0 Å². The van der Waals surface area contributed by atoms with Crippen LogP contribution in [0.1, 0.15) is 28.8 Å².